The molecule has 0 aliphatic heterocycles. The zero-order valence-electron chi connectivity index (χ0n) is 10.4. The lowest BCUT2D eigenvalue weighted by molar-refractivity contribution is -0.138. The molecule has 5 nitrogen and oxygen atoms in total. The third-order valence-electron chi connectivity index (χ3n) is 2.80. The lowest BCUT2D eigenvalue weighted by Crippen LogP contribution is -2.46. The molecule has 4 N–H and O–H groups in total. The summed E-state index contributed by atoms with van der Waals surface area (Å²) < 4.78 is 5.05. The van der Waals surface area contributed by atoms with E-state index in [1.165, 1.54) is 0 Å². The molecule has 0 aromatic heterocycles. The summed E-state index contributed by atoms with van der Waals surface area (Å²) in [6.45, 7) is 1.97. The molecule has 2 amide bonds. The smallest absolute Gasteiger partial charge is 0.405 e. The van der Waals surface area contributed by atoms with E-state index in [1.807, 2.05) is 6.92 Å². The molecule has 0 saturated heterocycles. The van der Waals surface area contributed by atoms with Gasteiger partial charge in [-0.1, -0.05) is 43.7 Å². The number of hydrogen-bond donors (Lipinski definition) is 2. The van der Waals surface area contributed by atoms with E-state index in [0.717, 1.165) is 6.42 Å². The summed E-state index contributed by atoms with van der Waals surface area (Å²) in [4.78, 5) is 22.8. The van der Waals surface area contributed by atoms with E-state index in [2.05, 4.69) is 0 Å². The maximum Gasteiger partial charge on any atom is 0.405 e. The number of hydrogen-bond acceptors (Lipinski definition) is 3. The molecule has 1 atom stereocenters. The fourth-order valence-corrected chi connectivity index (χ4v) is 1.87. The van der Waals surface area contributed by atoms with E-state index in [9.17, 15) is 9.59 Å². The van der Waals surface area contributed by atoms with Crippen LogP contribution in [-0.2, 0) is 15.1 Å². The van der Waals surface area contributed by atoms with Gasteiger partial charge in [-0.25, -0.2) is 4.79 Å². The maximum atomic E-state index is 11.8. The average Bonchev–Trinajstić information content (AvgIpc) is 2.34. The Morgan fingerprint density at radius 1 is 1.22 bits per heavy atom. The Bertz CT molecular complexity index is 420. The number of carbonyl (C=O) groups is 2. The van der Waals surface area contributed by atoms with Gasteiger partial charge in [-0.3, -0.25) is 4.79 Å². The summed E-state index contributed by atoms with van der Waals surface area (Å²) in [7, 11) is 0. The van der Waals surface area contributed by atoms with Gasteiger partial charge in [0.1, 0.15) is 0 Å². The Kier molecular flexibility index (Phi) is 4.71. The minimum atomic E-state index is -1.47. The minimum Gasteiger partial charge on any atom is -0.428 e. The quantitative estimate of drug-likeness (QED) is 0.803. The number of nitrogens with two attached hydrogens (primary N) is 2. The molecule has 0 saturated carbocycles. The van der Waals surface area contributed by atoms with Crippen LogP contribution in [0.1, 0.15) is 31.7 Å². The summed E-state index contributed by atoms with van der Waals surface area (Å²) in [5.41, 5.74) is 9.55. The predicted molar refractivity (Wildman–Crippen MR) is 67.5 cm³/mol. The maximum absolute atomic E-state index is 11.8. The van der Waals surface area contributed by atoms with Crippen LogP contribution < -0.4 is 11.5 Å². The van der Waals surface area contributed by atoms with Crippen molar-refractivity contribution < 1.29 is 14.3 Å². The van der Waals surface area contributed by atoms with Crippen molar-refractivity contribution in [3.8, 4) is 0 Å². The van der Waals surface area contributed by atoms with Crippen LogP contribution in [-0.4, -0.2) is 12.0 Å². The van der Waals surface area contributed by atoms with Gasteiger partial charge in [0.2, 0.25) is 5.60 Å². The highest BCUT2D eigenvalue weighted by molar-refractivity contribution is 5.87. The summed E-state index contributed by atoms with van der Waals surface area (Å²) >= 11 is 0. The van der Waals surface area contributed by atoms with Crippen LogP contribution in [0.3, 0.4) is 0 Å². The van der Waals surface area contributed by atoms with E-state index >= 15 is 0 Å². The second-order valence-corrected chi connectivity index (χ2v) is 4.08. The average molecular weight is 250 g/mol. The van der Waals surface area contributed by atoms with Gasteiger partial charge in [0, 0.05) is 12.0 Å². The molecule has 0 aliphatic carbocycles. The van der Waals surface area contributed by atoms with E-state index in [4.69, 9.17) is 16.2 Å². The number of carbonyl (C=O) groups excluding carboxylic acids is 2. The standard InChI is InChI=1S/C13H18N2O3/c1-2-3-9-13(11(14)16,18-12(15)17)10-7-5-4-6-8-10/h4-8H,2-3,9H2,1H3,(H2,14,16)(H2,15,17). The van der Waals surface area contributed by atoms with E-state index < -0.39 is 17.6 Å². The summed E-state index contributed by atoms with van der Waals surface area (Å²) in [6, 6.07) is 8.71. The van der Waals surface area contributed by atoms with Crippen LogP contribution in [0.25, 0.3) is 0 Å². The van der Waals surface area contributed by atoms with Crippen molar-refractivity contribution in [1.29, 1.82) is 0 Å². The highest BCUT2D eigenvalue weighted by Crippen LogP contribution is 2.31. The van der Waals surface area contributed by atoms with Crippen LogP contribution in [0.4, 0.5) is 4.79 Å². The first kappa shape index (κ1) is 14.0. The Hall–Kier alpha value is -2.04. The van der Waals surface area contributed by atoms with Crippen molar-refractivity contribution in [3.05, 3.63) is 35.9 Å². The van der Waals surface area contributed by atoms with Gasteiger partial charge < -0.3 is 16.2 Å². The zero-order valence-corrected chi connectivity index (χ0v) is 10.4. The fourth-order valence-electron chi connectivity index (χ4n) is 1.87. The molecular weight excluding hydrogens is 232 g/mol. The molecular formula is C13H18N2O3. The lowest BCUT2D eigenvalue weighted by Gasteiger charge is -2.30. The van der Waals surface area contributed by atoms with Gasteiger partial charge >= 0.3 is 6.09 Å². The Balaban J connectivity index is 3.19. The minimum absolute atomic E-state index is 0.325. The summed E-state index contributed by atoms with van der Waals surface area (Å²) in [6.07, 6.45) is 0.870. The molecule has 0 fully saturated rings. The lowest BCUT2D eigenvalue weighted by atomic mass is 9.87. The van der Waals surface area contributed by atoms with Gasteiger partial charge in [-0.15, -0.1) is 0 Å². The third kappa shape index (κ3) is 3.00. The molecule has 0 spiro atoms. The number of ether oxygens (including phenoxy) is 1. The van der Waals surface area contributed by atoms with Crippen molar-refractivity contribution in [1.82, 2.24) is 0 Å². The molecule has 1 aromatic rings. The van der Waals surface area contributed by atoms with Gasteiger partial charge in [-0.2, -0.15) is 0 Å². The van der Waals surface area contributed by atoms with Gasteiger partial charge in [0.05, 0.1) is 0 Å². The predicted octanol–water partition coefficient (Wildman–Crippen LogP) is 1.65. The molecule has 1 aromatic carbocycles. The first-order chi connectivity index (χ1) is 8.53. The SMILES string of the molecule is CCCCC(OC(N)=O)(C(N)=O)c1ccccc1. The van der Waals surface area contributed by atoms with E-state index in [-0.39, 0.29) is 0 Å². The Labute approximate surface area is 106 Å². The first-order valence-electron chi connectivity index (χ1n) is 5.87. The second-order valence-electron chi connectivity index (χ2n) is 4.08. The summed E-state index contributed by atoms with van der Waals surface area (Å²) in [5.74, 6) is -0.707. The molecule has 0 bridgehead atoms. The molecule has 0 heterocycles. The van der Waals surface area contributed by atoms with Gasteiger partial charge in [-0.05, 0) is 6.42 Å². The van der Waals surface area contributed by atoms with Crippen LogP contribution in [0.15, 0.2) is 30.3 Å². The molecule has 0 radical (unpaired) electrons. The van der Waals surface area contributed by atoms with Crippen molar-refractivity contribution in [2.24, 2.45) is 11.5 Å². The van der Waals surface area contributed by atoms with Crippen LogP contribution in [0, 0.1) is 0 Å². The highest BCUT2D eigenvalue weighted by atomic mass is 16.6. The summed E-state index contributed by atoms with van der Waals surface area (Å²) in [5, 5.41) is 0. The Morgan fingerprint density at radius 2 is 1.83 bits per heavy atom. The number of benzene rings is 1. The van der Waals surface area contributed by atoms with Crippen LogP contribution in [0.2, 0.25) is 0 Å². The first-order valence-corrected chi connectivity index (χ1v) is 5.87. The normalized spacial score (nSPS) is 13.6. The second kappa shape index (κ2) is 6.05. The molecule has 1 rings (SSSR count). The zero-order chi connectivity index (χ0) is 13.6. The number of rotatable bonds is 6. The number of unbranched alkanes of at least 4 members (excludes halogenated alkanes) is 1. The Morgan fingerprint density at radius 3 is 2.28 bits per heavy atom. The topological polar surface area (TPSA) is 95.4 Å². The monoisotopic (exact) mass is 250 g/mol. The van der Waals surface area contributed by atoms with Crippen molar-refractivity contribution in [2.45, 2.75) is 31.8 Å². The molecule has 5 heteroatoms. The molecule has 1 unspecified atom stereocenters. The molecule has 0 aliphatic rings. The van der Waals surface area contributed by atoms with Crippen LogP contribution >= 0.6 is 0 Å². The number of primary amides is 2. The van der Waals surface area contributed by atoms with E-state index in [1.54, 1.807) is 30.3 Å². The fraction of sp³-hybridized carbons (Fsp3) is 0.385. The van der Waals surface area contributed by atoms with Crippen molar-refractivity contribution >= 4 is 12.0 Å². The van der Waals surface area contributed by atoms with Gasteiger partial charge in [0.15, 0.2) is 0 Å². The van der Waals surface area contributed by atoms with Crippen molar-refractivity contribution in [2.75, 3.05) is 0 Å². The van der Waals surface area contributed by atoms with Gasteiger partial charge in [0.25, 0.3) is 5.91 Å². The largest absolute Gasteiger partial charge is 0.428 e. The van der Waals surface area contributed by atoms with Crippen molar-refractivity contribution in [3.63, 3.8) is 0 Å². The molecule has 18 heavy (non-hydrogen) atoms. The molecule has 98 valence electrons. The number of amides is 2. The third-order valence-corrected chi connectivity index (χ3v) is 2.80. The van der Waals surface area contributed by atoms with Crippen LogP contribution in [0.5, 0.6) is 0 Å². The van der Waals surface area contributed by atoms with E-state index in [0.29, 0.717) is 18.4 Å². The highest BCUT2D eigenvalue weighted by Gasteiger charge is 2.41.